The molecule has 12 heteroatoms. The number of hydrogen-bond acceptors (Lipinski definition) is 0. The molecule has 0 radical (unpaired) electrons. The number of allylic oxidation sites excluding steroid dienone is 4. The largest absolute Gasteiger partial charge is 0.257 e. The van der Waals surface area contributed by atoms with E-state index in [4.69, 9.17) is 0 Å². The SMILES string of the molecule is Cc1cc(C)c(P(C2=C3CCCCC3C(c3ccccc3)C=C2B(c2c(F)c(F)c(F)c(F)c2F)c2c(F)c(F)c(F)c(F)c2F)c2c(C)cc(C)cc2C)c(C)c1. The standard InChI is InChI=1S/C46H38BF10P/c1-21-16-23(3)44(24(4)17-21)58(45-25(5)18-22(2)19-26(45)6)46-29-15-11-10-14-28(29)30(27-12-8-7-9-13-27)20-31(46)47(32-34(48)38(52)42(56)39(53)35(32)49)33-36(50)40(54)43(57)41(55)37(33)51/h7-9,12-13,16-20,28,30H,10-11,14-15H2,1-6H3. The van der Waals surface area contributed by atoms with Crippen molar-refractivity contribution in [2.45, 2.75) is 73.1 Å². The van der Waals surface area contributed by atoms with Gasteiger partial charge in [0.1, 0.15) is 0 Å². The first-order valence-corrected chi connectivity index (χ1v) is 20.3. The molecule has 0 spiro atoms. The van der Waals surface area contributed by atoms with Gasteiger partial charge in [0.15, 0.2) is 58.2 Å². The Morgan fingerprint density at radius 3 is 1.33 bits per heavy atom. The predicted octanol–water partition coefficient (Wildman–Crippen LogP) is 11.4. The molecule has 2 atom stereocenters. The molecule has 1 fully saturated rings. The van der Waals surface area contributed by atoms with E-state index in [2.05, 4.69) is 0 Å². The third kappa shape index (κ3) is 6.81. The number of fused-ring (bicyclic) bond motifs is 1. The Morgan fingerprint density at radius 1 is 0.517 bits per heavy atom. The van der Waals surface area contributed by atoms with Crippen molar-refractivity contribution in [2.24, 2.45) is 5.92 Å². The van der Waals surface area contributed by atoms with Gasteiger partial charge >= 0.3 is 0 Å². The molecule has 2 aliphatic carbocycles. The van der Waals surface area contributed by atoms with Crippen LogP contribution in [0.3, 0.4) is 0 Å². The van der Waals surface area contributed by atoms with Gasteiger partial charge in [-0.15, -0.1) is 0 Å². The lowest BCUT2D eigenvalue weighted by Gasteiger charge is -2.43. The summed E-state index contributed by atoms with van der Waals surface area (Å²) < 4.78 is 157. The van der Waals surface area contributed by atoms with Crippen LogP contribution in [-0.2, 0) is 0 Å². The normalized spacial score (nSPS) is 16.9. The second-order valence-electron chi connectivity index (χ2n) is 15.5. The van der Waals surface area contributed by atoms with E-state index in [9.17, 15) is 8.78 Å². The summed E-state index contributed by atoms with van der Waals surface area (Å²) in [7, 11) is -1.94. The van der Waals surface area contributed by atoms with Gasteiger partial charge in [-0.25, -0.2) is 43.9 Å². The fraction of sp³-hybridized carbons (Fsp3) is 0.261. The highest BCUT2D eigenvalue weighted by molar-refractivity contribution is 7.77. The van der Waals surface area contributed by atoms with Crippen LogP contribution in [0.2, 0.25) is 0 Å². The van der Waals surface area contributed by atoms with Crippen LogP contribution in [-0.4, -0.2) is 6.71 Å². The Kier molecular flexibility index (Phi) is 11.4. The fourth-order valence-corrected chi connectivity index (χ4v) is 12.8. The van der Waals surface area contributed by atoms with Crippen molar-refractivity contribution in [2.75, 3.05) is 0 Å². The van der Waals surface area contributed by atoms with E-state index in [1.807, 2.05) is 65.8 Å². The highest BCUT2D eigenvalue weighted by Gasteiger charge is 2.48. The van der Waals surface area contributed by atoms with E-state index in [-0.39, 0.29) is 11.4 Å². The van der Waals surface area contributed by atoms with Crippen molar-refractivity contribution in [1.29, 1.82) is 0 Å². The summed E-state index contributed by atoms with van der Waals surface area (Å²) in [5, 5.41) is 1.90. The zero-order chi connectivity index (χ0) is 42.1. The Bertz CT molecular complexity index is 2330. The van der Waals surface area contributed by atoms with Crippen LogP contribution in [0, 0.1) is 106 Å². The van der Waals surface area contributed by atoms with Gasteiger partial charge in [0.25, 0.3) is 6.71 Å². The van der Waals surface area contributed by atoms with E-state index in [0.717, 1.165) is 56.0 Å². The maximum Gasteiger partial charge on any atom is 0.257 e. The predicted molar refractivity (Wildman–Crippen MR) is 211 cm³/mol. The minimum atomic E-state index is -2.70. The molecule has 0 amide bonds. The van der Waals surface area contributed by atoms with Crippen molar-refractivity contribution in [3.63, 3.8) is 0 Å². The average molecular weight is 823 g/mol. The Labute approximate surface area is 332 Å². The molecule has 0 saturated heterocycles. The molecular formula is C46H38BF10P. The number of benzene rings is 5. The molecule has 0 N–H and O–H groups in total. The van der Waals surface area contributed by atoms with Crippen LogP contribution in [0.1, 0.15) is 70.5 Å². The van der Waals surface area contributed by atoms with Gasteiger partial charge < -0.3 is 0 Å². The average Bonchev–Trinajstić information content (AvgIpc) is 3.18. The highest BCUT2D eigenvalue weighted by atomic mass is 31.1. The molecule has 0 bridgehead atoms. The smallest absolute Gasteiger partial charge is 0.204 e. The maximum absolute atomic E-state index is 16.4. The molecule has 7 rings (SSSR count). The molecule has 58 heavy (non-hydrogen) atoms. The molecular weight excluding hydrogens is 784 g/mol. The van der Waals surface area contributed by atoms with Crippen LogP contribution in [0.25, 0.3) is 0 Å². The van der Waals surface area contributed by atoms with E-state index in [1.165, 1.54) is 6.08 Å². The lowest BCUT2D eigenvalue weighted by molar-refractivity contribution is 0.382. The Hall–Kier alpha value is -4.63. The molecule has 300 valence electrons. The molecule has 0 aromatic heterocycles. The van der Waals surface area contributed by atoms with Gasteiger partial charge in [0, 0.05) is 16.8 Å². The summed E-state index contributed by atoms with van der Waals surface area (Å²) in [6.07, 6.45) is 3.90. The van der Waals surface area contributed by atoms with Crippen LogP contribution in [0.15, 0.2) is 77.0 Å². The fourth-order valence-electron chi connectivity index (χ4n) is 9.40. The van der Waals surface area contributed by atoms with Crippen LogP contribution < -0.4 is 21.5 Å². The number of aryl methyl sites for hydroxylation is 6. The quantitative estimate of drug-likeness (QED) is 0.0504. The molecule has 5 aromatic carbocycles. The monoisotopic (exact) mass is 822 g/mol. The second kappa shape index (κ2) is 15.9. The van der Waals surface area contributed by atoms with Crippen LogP contribution >= 0.6 is 7.92 Å². The van der Waals surface area contributed by atoms with Gasteiger partial charge in [0.2, 0.25) is 0 Å². The van der Waals surface area contributed by atoms with Crippen molar-refractivity contribution >= 4 is 36.2 Å². The van der Waals surface area contributed by atoms with E-state index >= 15 is 35.1 Å². The summed E-state index contributed by atoms with van der Waals surface area (Å²) >= 11 is 0. The molecule has 2 aliphatic rings. The summed E-state index contributed by atoms with van der Waals surface area (Å²) in [6, 6.07) is 16.6. The third-order valence-electron chi connectivity index (χ3n) is 11.5. The summed E-state index contributed by atoms with van der Waals surface area (Å²) in [6.45, 7) is 8.66. The molecule has 0 aliphatic heterocycles. The van der Waals surface area contributed by atoms with Crippen LogP contribution in [0.4, 0.5) is 43.9 Å². The lowest BCUT2D eigenvalue weighted by Crippen LogP contribution is -2.53. The van der Waals surface area contributed by atoms with Crippen molar-refractivity contribution < 1.29 is 43.9 Å². The first-order valence-electron chi connectivity index (χ1n) is 18.9. The summed E-state index contributed by atoms with van der Waals surface area (Å²) in [5.74, 6) is -25.6. The second-order valence-corrected chi connectivity index (χ2v) is 17.5. The topological polar surface area (TPSA) is 0 Å². The van der Waals surface area contributed by atoms with E-state index in [1.54, 1.807) is 30.3 Å². The zero-order valence-electron chi connectivity index (χ0n) is 32.6. The minimum Gasteiger partial charge on any atom is -0.204 e. The van der Waals surface area contributed by atoms with Gasteiger partial charge in [-0.3, -0.25) is 0 Å². The Balaban J connectivity index is 1.74. The third-order valence-corrected chi connectivity index (χ3v) is 14.8. The van der Waals surface area contributed by atoms with Crippen LogP contribution in [0.5, 0.6) is 0 Å². The summed E-state index contributed by atoms with van der Waals surface area (Å²) in [4.78, 5) is 0. The maximum atomic E-state index is 16.4. The molecule has 5 aromatic rings. The lowest BCUT2D eigenvalue weighted by atomic mass is 9.34. The summed E-state index contributed by atoms with van der Waals surface area (Å²) in [5.41, 5.74) is 2.71. The van der Waals surface area contributed by atoms with E-state index in [0.29, 0.717) is 30.1 Å². The van der Waals surface area contributed by atoms with E-state index < -0.39 is 89.7 Å². The van der Waals surface area contributed by atoms with Crippen molar-refractivity contribution in [3.05, 3.63) is 174 Å². The number of halogens is 10. The molecule has 2 unspecified atom stereocenters. The number of hydrogen-bond donors (Lipinski definition) is 0. The minimum absolute atomic E-state index is 0.293. The zero-order valence-corrected chi connectivity index (χ0v) is 33.5. The van der Waals surface area contributed by atoms with Gasteiger partial charge in [0.05, 0.1) is 0 Å². The highest BCUT2D eigenvalue weighted by Crippen LogP contribution is 2.59. The molecule has 0 nitrogen and oxygen atoms in total. The van der Waals surface area contributed by atoms with Crippen molar-refractivity contribution in [1.82, 2.24) is 0 Å². The van der Waals surface area contributed by atoms with Gasteiger partial charge in [-0.2, -0.15) is 0 Å². The Morgan fingerprint density at radius 2 is 0.914 bits per heavy atom. The first-order chi connectivity index (χ1) is 27.5. The molecule has 1 saturated carbocycles. The number of rotatable bonds is 7. The van der Waals surface area contributed by atoms with Gasteiger partial charge in [-0.1, -0.05) is 89.3 Å². The van der Waals surface area contributed by atoms with Gasteiger partial charge in [-0.05, 0) is 118 Å². The first kappa shape index (κ1) is 41.5. The molecule has 0 heterocycles. The van der Waals surface area contributed by atoms with Crippen molar-refractivity contribution in [3.8, 4) is 0 Å².